The van der Waals surface area contributed by atoms with Gasteiger partial charge in [0.15, 0.2) is 34.6 Å². The number of allylic oxidation sites excluding steroid dienone is 6. The van der Waals surface area contributed by atoms with Crippen LogP contribution >= 0.6 is 34.8 Å². The van der Waals surface area contributed by atoms with Crippen LogP contribution in [0.4, 0.5) is 0 Å². The summed E-state index contributed by atoms with van der Waals surface area (Å²) in [6.07, 6.45) is 0. The summed E-state index contributed by atoms with van der Waals surface area (Å²) >= 11 is 17.5. The van der Waals surface area contributed by atoms with Crippen LogP contribution in [0, 0.1) is 0 Å². The zero-order valence-corrected chi connectivity index (χ0v) is 17.9. The molecule has 0 amide bonds. The van der Waals surface area contributed by atoms with Crippen molar-refractivity contribution >= 4 is 61.3 Å². The van der Waals surface area contributed by atoms with Gasteiger partial charge in [-0.2, -0.15) is 0 Å². The molecular formula is C15H18Cl3O6Si+. The van der Waals surface area contributed by atoms with Gasteiger partial charge in [-0.05, 0) is 0 Å². The van der Waals surface area contributed by atoms with Gasteiger partial charge >= 0.3 is 9.17 Å². The maximum absolute atomic E-state index is 11.3. The molecule has 25 heavy (non-hydrogen) atoms. The Labute approximate surface area is 162 Å². The van der Waals surface area contributed by atoms with E-state index in [1.807, 2.05) is 0 Å². The Hall–Kier alpha value is -1.28. The van der Waals surface area contributed by atoms with Crippen LogP contribution in [0.1, 0.15) is 41.5 Å². The first kappa shape index (κ1) is 23.7. The fourth-order valence-corrected chi connectivity index (χ4v) is 2.81. The van der Waals surface area contributed by atoms with Crippen molar-refractivity contribution in [3.05, 3.63) is 32.4 Å². The molecule has 138 valence electrons. The molecule has 10 heteroatoms. The summed E-state index contributed by atoms with van der Waals surface area (Å²) in [5, 5.41) is -0.435. The maximum atomic E-state index is 11.3. The lowest BCUT2D eigenvalue weighted by atomic mass is 10.4. The lowest BCUT2D eigenvalue weighted by Gasteiger charge is -2.02. The lowest BCUT2D eigenvalue weighted by molar-refractivity contribution is -0.114. The zero-order chi connectivity index (χ0) is 19.9. The van der Waals surface area contributed by atoms with E-state index in [0.717, 1.165) is 0 Å². The Bertz CT molecular complexity index is 679. The first-order chi connectivity index (χ1) is 11.4. The third kappa shape index (κ3) is 8.09. The average Bonchev–Trinajstić information content (AvgIpc) is 2.51. The van der Waals surface area contributed by atoms with Crippen molar-refractivity contribution in [1.29, 1.82) is 0 Å². The summed E-state index contributed by atoms with van der Waals surface area (Å²) < 4.78 is 16.4. The Kier molecular flexibility index (Phi) is 10.1. The van der Waals surface area contributed by atoms with Crippen molar-refractivity contribution in [2.75, 3.05) is 0 Å². The van der Waals surface area contributed by atoms with Gasteiger partial charge < -0.3 is 12.9 Å². The van der Waals surface area contributed by atoms with Crippen molar-refractivity contribution < 1.29 is 27.3 Å². The molecule has 0 saturated carbocycles. The van der Waals surface area contributed by atoms with Gasteiger partial charge in [0.2, 0.25) is 0 Å². The topological polar surface area (TPSA) is 81.0 Å². The number of halogens is 3. The van der Waals surface area contributed by atoms with E-state index in [1.54, 1.807) is 0 Å². The van der Waals surface area contributed by atoms with Crippen LogP contribution in [-0.2, 0) is 27.3 Å². The summed E-state index contributed by atoms with van der Waals surface area (Å²) in [6, 6.07) is 0. The van der Waals surface area contributed by atoms with Gasteiger partial charge in [0.05, 0.1) is 0 Å². The molecule has 0 aliphatic carbocycles. The fraction of sp³-hybridized carbons (Fsp3) is 0.400. The number of ketones is 3. The predicted molar refractivity (Wildman–Crippen MR) is 96.3 cm³/mol. The summed E-state index contributed by atoms with van der Waals surface area (Å²) in [7, 11) is -2.66. The second-order valence-electron chi connectivity index (χ2n) is 4.84. The molecule has 0 saturated heterocycles. The number of hydrogen-bond acceptors (Lipinski definition) is 5. The van der Waals surface area contributed by atoms with Crippen molar-refractivity contribution in [3.8, 4) is 0 Å². The first-order valence-electron chi connectivity index (χ1n) is 6.90. The van der Waals surface area contributed by atoms with E-state index in [9.17, 15) is 14.4 Å². The van der Waals surface area contributed by atoms with E-state index in [1.165, 1.54) is 41.5 Å². The molecule has 0 spiro atoms. The second-order valence-corrected chi connectivity index (χ2v) is 7.08. The van der Waals surface area contributed by atoms with Crippen molar-refractivity contribution in [3.63, 3.8) is 0 Å². The summed E-state index contributed by atoms with van der Waals surface area (Å²) in [4.78, 5) is 33.9. The molecule has 6 nitrogen and oxygen atoms in total. The van der Waals surface area contributed by atoms with Crippen molar-refractivity contribution in [2.24, 2.45) is 0 Å². The molecule has 0 unspecified atom stereocenters. The van der Waals surface area contributed by atoms with E-state index < -0.39 is 26.5 Å². The number of hydrogen-bond donors (Lipinski definition) is 0. The van der Waals surface area contributed by atoms with E-state index in [2.05, 4.69) is 0 Å². The number of rotatable bonds is 8. The van der Waals surface area contributed by atoms with Gasteiger partial charge in [-0.15, -0.1) is 0 Å². The highest BCUT2D eigenvalue weighted by atomic mass is 35.5. The normalized spacial score (nSPS) is 13.8. The molecule has 0 aliphatic heterocycles. The second kappa shape index (κ2) is 10.7. The Morgan fingerprint density at radius 2 is 1.00 bits per heavy atom. The molecule has 0 N–H and O–H groups in total. The van der Waals surface area contributed by atoms with E-state index >= 15 is 0 Å². The van der Waals surface area contributed by atoms with Crippen molar-refractivity contribution in [1.82, 2.24) is 0 Å². The van der Waals surface area contributed by atoms with Crippen LogP contribution in [-0.4, -0.2) is 26.5 Å². The van der Waals surface area contributed by atoms with E-state index in [-0.39, 0.29) is 32.4 Å². The highest BCUT2D eigenvalue weighted by molar-refractivity contribution is 6.44. The minimum absolute atomic E-state index is 0.0570. The average molecular weight is 429 g/mol. The van der Waals surface area contributed by atoms with Crippen LogP contribution in [0.5, 0.6) is 0 Å². The highest BCUT2D eigenvalue weighted by Gasteiger charge is 2.37. The highest BCUT2D eigenvalue weighted by Crippen LogP contribution is 2.17. The van der Waals surface area contributed by atoms with Gasteiger partial charge in [-0.25, -0.2) is 0 Å². The number of carbonyl (C=O) groups excluding carboxylic acids is 3. The van der Waals surface area contributed by atoms with E-state index in [0.29, 0.717) is 0 Å². The smallest absolute Gasteiger partial charge is 0.369 e. The van der Waals surface area contributed by atoms with Gasteiger partial charge in [0.1, 0.15) is 15.1 Å². The quantitative estimate of drug-likeness (QED) is 0.251. The SMILES string of the molecule is CC(=O)/C(Cl)=C(/C)O[Si](O/C(C)=C(/Cl)C(C)=O)=[O+]/C(C)=C(/Cl)C(C)=O. The molecule has 0 aromatic heterocycles. The van der Waals surface area contributed by atoms with Gasteiger partial charge in [0.25, 0.3) is 0 Å². The molecular weight excluding hydrogens is 411 g/mol. The monoisotopic (exact) mass is 427 g/mol. The first-order valence-corrected chi connectivity index (χ1v) is 9.26. The number of carbonyl (C=O) groups is 3. The molecule has 0 aromatic rings. The zero-order valence-electron chi connectivity index (χ0n) is 14.6. The third-order valence-electron chi connectivity index (χ3n) is 2.56. The van der Waals surface area contributed by atoms with Crippen LogP contribution in [0.15, 0.2) is 32.4 Å². The molecule has 0 bridgehead atoms. The molecule has 0 fully saturated rings. The van der Waals surface area contributed by atoms with Crippen LogP contribution in [0.25, 0.3) is 0 Å². The minimum atomic E-state index is -2.66. The van der Waals surface area contributed by atoms with Crippen LogP contribution in [0.3, 0.4) is 0 Å². The molecule has 0 atom stereocenters. The van der Waals surface area contributed by atoms with Crippen molar-refractivity contribution in [2.45, 2.75) is 41.5 Å². The van der Waals surface area contributed by atoms with Crippen LogP contribution < -0.4 is 0 Å². The number of Topliss-reactive ketones (excluding diaryl/α,β-unsaturated/α-hetero) is 3. The third-order valence-corrected chi connectivity index (χ3v) is 5.58. The Balaban J connectivity index is 6.01. The van der Waals surface area contributed by atoms with Gasteiger partial charge in [-0.1, -0.05) is 34.8 Å². The van der Waals surface area contributed by atoms with E-state index in [4.69, 9.17) is 47.7 Å². The largest absolute Gasteiger partial charge is 1.10 e. The summed E-state index contributed by atoms with van der Waals surface area (Å²) in [6.45, 7) is 8.12. The van der Waals surface area contributed by atoms with Gasteiger partial charge in [-0.3, -0.25) is 14.4 Å². The minimum Gasteiger partial charge on any atom is -0.369 e. The Morgan fingerprint density at radius 1 is 0.680 bits per heavy atom. The Morgan fingerprint density at radius 3 is 1.28 bits per heavy atom. The predicted octanol–water partition coefficient (Wildman–Crippen LogP) is 4.15. The maximum Gasteiger partial charge on any atom is 1.10 e. The molecule has 0 aromatic carbocycles. The molecule has 0 aliphatic rings. The molecule has 0 heterocycles. The summed E-state index contributed by atoms with van der Waals surface area (Å²) in [5.41, 5.74) is 0. The molecule has 0 rings (SSSR count). The van der Waals surface area contributed by atoms with Crippen LogP contribution in [0.2, 0.25) is 0 Å². The fourth-order valence-electron chi connectivity index (χ4n) is 1.32. The van der Waals surface area contributed by atoms with Gasteiger partial charge in [0, 0.05) is 41.5 Å². The summed E-state index contributed by atoms with van der Waals surface area (Å²) in [5.74, 6) is -1.07. The standard InChI is InChI=1S/C15H18Cl3O6Si/c1-7(19)13(16)10(4)22-25(23-11(5)14(17)8(2)20)24-12(6)15(18)9(3)21/h1-6H3/q+1/b13-10+,14-11+,15-12+. The lowest BCUT2D eigenvalue weighted by Crippen LogP contribution is -2.17. The molecule has 0 radical (unpaired) electrons.